The van der Waals surface area contributed by atoms with Gasteiger partial charge in [0.25, 0.3) is 0 Å². The molecule has 1 heteroatoms. The summed E-state index contributed by atoms with van der Waals surface area (Å²) in [5.74, 6) is 0.659. The molecule has 0 aromatic carbocycles. The van der Waals surface area contributed by atoms with E-state index >= 15 is 0 Å². The molecule has 17 heavy (non-hydrogen) atoms. The zero-order chi connectivity index (χ0) is 13.6. The van der Waals surface area contributed by atoms with Gasteiger partial charge in [-0.05, 0) is 28.6 Å². The van der Waals surface area contributed by atoms with Crippen LogP contribution in [0.5, 0.6) is 0 Å². The molecule has 102 valence electrons. The summed E-state index contributed by atoms with van der Waals surface area (Å²) in [6, 6.07) is 0. The Balaban J connectivity index is 2.96. The van der Waals surface area contributed by atoms with E-state index in [9.17, 15) is 0 Å². The normalized spacial score (nSPS) is 31.9. The summed E-state index contributed by atoms with van der Waals surface area (Å²) in [4.78, 5) is 0. The third-order valence-corrected chi connectivity index (χ3v) is 4.08. The standard InChI is InChI=1S/C16H32O/c1-14(2,3)11-10-12(15(4,5)6)17-13(11)16(7,8)9/h11-13H,10H2,1-9H3. The van der Waals surface area contributed by atoms with Gasteiger partial charge in [-0.25, -0.2) is 0 Å². The molecule has 3 atom stereocenters. The van der Waals surface area contributed by atoms with Gasteiger partial charge in [0.15, 0.2) is 0 Å². The SMILES string of the molecule is CC(C)(C)C1CC(C(C)(C)C)C(C(C)(C)C)O1. The molecule has 1 aliphatic heterocycles. The maximum absolute atomic E-state index is 6.43. The number of hydrogen-bond acceptors (Lipinski definition) is 1. The van der Waals surface area contributed by atoms with Crippen molar-refractivity contribution < 1.29 is 4.74 Å². The zero-order valence-electron chi connectivity index (χ0n) is 13.3. The maximum Gasteiger partial charge on any atom is 0.0661 e. The van der Waals surface area contributed by atoms with Crippen LogP contribution >= 0.6 is 0 Å². The third-order valence-electron chi connectivity index (χ3n) is 4.08. The number of hydrogen-bond donors (Lipinski definition) is 0. The van der Waals surface area contributed by atoms with Crippen LogP contribution in [0.2, 0.25) is 0 Å². The average molecular weight is 240 g/mol. The fraction of sp³-hybridized carbons (Fsp3) is 1.00. The summed E-state index contributed by atoms with van der Waals surface area (Å²) in [6.07, 6.45) is 1.98. The third kappa shape index (κ3) is 3.47. The van der Waals surface area contributed by atoms with Gasteiger partial charge in [-0.2, -0.15) is 0 Å². The zero-order valence-corrected chi connectivity index (χ0v) is 13.3. The lowest BCUT2D eigenvalue weighted by Crippen LogP contribution is -2.38. The molecule has 1 heterocycles. The van der Waals surface area contributed by atoms with E-state index in [0.29, 0.717) is 23.5 Å². The van der Waals surface area contributed by atoms with Crippen LogP contribution in [-0.4, -0.2) is 12.2 Å². The fourth-order valence-electron chi connectivity index (χ4n) is 2.85. The largest absolute Gasteiger partial charge is 0.374 e. The second-order valence-electron chi connectivity index (χ2n) is 8.99. The van der Waals surface area contributed by atoms with Gasteiger partial charge in [0.2, 0.25) is 0 Å². The highest BCUT2D eigenvalue weighted by Gasteiger charge is 2.49. The van der Waals surface area contributed by atoms with Crippen LogP contribution in [0.3, 0.4) is 0 Å². The maximum atomic E-state index is 6.43. The molecular formula is C16H32O. The van der Waals surface area contributed by atoms with E-state index in [2.05, 4.69) is 62.3 Å². The molecule has 0 bridgehead atoms. The van der Waals surface area contributed by atoms with Gasteiger partial charge in [0, 0.05) is 0 Å². The Labute approximate surface area is 108 Å². The first-order valence-electron chi connectivity index (χ1n) is 6.99. The van der Waals surface area contributed by atoms with Crippen LogP contribution in [0.1, 0.15) is 68.7 Å². The first-order valence-corrected chi connectivity index (χ1v) is 6.99. The Morgan fingerprint density at radius 3 is 1.41 bits per heavy atom. The van der Waals surface area contributed by atoms with Crippen molar-refractivity contribution in [2.45, 2.75) is 80.9 Å². The molecule has 1 saturated heterocycles. The molecular weight excluding hydrogens is 208 g/mol. The van der Waals surface area contributed by atoms with Gasteiger partial charge < -0.3 is 4.74 Å². The van der Waals surface area contributed by atoms with Gasteiger partial charge in [0.05, 0.1) is 12.2 Å². The molecule has 0 amide bonds. The van der Waals surface area contributed by atoms with E-state index < -0.39 is 0 Å². The van der Waals surface area contributed by atoms with E-state index in [0.717, 1.165) is 0 Å². The lowest BCUT2D eigenvalue weighted by molar-refractivity contribution is -0.0749. The Kier molecular flexibility index (Phi) is 3.76. The van der Waals surface area contributed by atoms with Crippen molar-refractivity contribution in [1.29, 1.82) is 0 Å². The van der Waals surface area contributed by atoms with Crippen LogP contribution in [0.4, 0.5) is 0 Å². The summed E-state index contributed by atoms with van der Waals surface area (Å²) in [7, 11) is 0. The summed E-state index contributed by atoms with van der Waals surface area (Å²) in [6.45, 7) is 20.9. The van der Waals surface area contributed by atoms with Crippen molar-refractivity contribution in [3.63, 3.8) is 0 Å². The molecule has 0 aliphatic carbocycles. The quantitative estimate of drug-likeness (QED) is 0.585. The van der Waals surface area contributed by atoms with E-state index in [4.69, 9.17) is 4.74 Å². The summed E-state index contributed by atoms with van der Waals surface area (Å²) in [5, 5.41) is 0. The van der Waals surface area contributed by atoms with E-state index in [1.54, 1.807) is 0 Å². The Morgan fingerprint density at radius 2 is 1.18 bits per heavy atom. The van der Waals surface area contributed by atoms with Crippen LogP contribution in [0.15, 0.2) is 0 Å². The molecule has 0 N–H and O–H groups in total. The van der Waals surface area contributed by atoms with Crippen LogP contribution in [-0.2, 0) is 4.74 Å². The van der Waals surface area contributed by atoms with Crippen LogP contribution in [0.25, 0.3) is 0 Å². The van der Waals surface area contributed by atoms with E-state index in [1.807, 2.05) is 0 Å². The Morgan fingerprint density at radius 1 is 0.706 bits per heavy atom. The van der Waals surface area contributed by atoms with Crippen LogP contribution in [0, 0.1) is 22.2 Å². The first kappa shape index (κ1) is 15.0. The van der Waals surface area contributed by atoms with Crippen molar-refractivity contribution in [2.24, 2.45) is 22.2 Å². The average Bonchev–Trinajstić information content (AvgIpc) is 2.42. The topological polar surface area (TPSA) is 9.23 Å². The van der Waals surface area contributed by atoms with Crippen molar-refractivity contribution in [2.75, 3.05) is 0 Å². The number of rotatable bonds is 0. The molecule has 1 aliphatic rings. The van der Waals surface area contributed by atoms with E-state index in [1.165, 1.54) is 6.42 Å². The molecule has 0 aromatic heterocycles. The highest BCUT2D eigenvalue weighted by molar-refractivity contribution is 4.97. The lowest BCUT2D eigenvalue weighted by Gasteiger charge is -2.38. The Hall–Kier alpha value is -0.0400. The highest BCUT2D eigenvalue weighted by atomic mass is 16.5. The molecule has 0 saturated carbocycles. The predicted molar refractivity (Wildman–Crippen MR) is 75.1 cm³/mol. The molecule has 1 fully saturated rings. The minimum absolute atomic E-state index is 0.234. The fourth-order valence-corrected chi connectivity index (χ4v) is 2.85. The smallest absolute Gasteiger partial charge is 0.0661 e. The number of ether oxygens (including phenoxy) is 1. The second-order valence-corrected chi connectivity index (χ2v) is 8.99. The lowest BCUT2D eigenvalue weighted by atomic mass is 9.68. The Bertz CT molecular complexity index is 237. The van der Waals surface area contributed by atoms with Gasteiger partial charge in [0.1, 0.15) is 0 Å². The summed E-state index contributed by atoms with van der Waals surface area (Å²) >= 11 is 0. The minimum atomic E-state index is 0.234. The molecule has 0 radical (unpaired) electrons. The monoisotopic (exact) mass is 240 g/mol. The molecule has 1 nitrogen and oxygen atoms in total. The van der Waals surface area contributed by atoms with E-state index in [-0.39, 0.29) is 10.8 Å². The molecule has 0 spiro atoms. The van der Waals surface area contributed by atoms with Crippen LogP contribution < -0.4 is 0 Å². The van der Waals surface area contributed by atoms with Gasteiger partial charge in [-0.15, -0.1) is 0 Å². The highest BCUT2D eigenvalue weighted by Crippen LogP contribution is 2.49. The van der Waals surface area contributed by atoms with Crippen molar-refractivity contribution in [1.82, 2.24) is 0 Å². The summed E-state index contributed by atoms with van der Waals surface area (Å²) < 4.78 is 6.43. The first-order chi connectivity index (χ1) is 7.33. The van der Waals surface area contributed by atoms with Crippen molar-refractivity contribution >= 4 is 0 Å². The minimum Gasteiger partial charge on any atom is -0.374 e. The van der Waals surface area contributed by atoms with Gasteiger partial charge in [-0.3, -0.25) is 0 Å². The molecule has 1 rings (SSSR count). The molecule has 3 unspecified atom stereocenters. The summed E-state index contributed by atoms with van der Waals surface area (Å²) in [5.41, 5.74) is 0.819. The van der Waals surface area contributed by atoms with Crippen molar-refractivity contribution in [3.05, 3.63) is 0 Å². The van der Waals surface area contributed by atoms with Gasteiger partial charge >= 0.3 is 0 Å². The van der Waals surface area contributed by atoms with Crippen molar-refractivity contribution in [3.8, 4) is 0 Å². The van der Waals surface area contributed by atoms with Gasteiger partial charge in [-0.1, -0.05) is 62.3 Å². The predicted octanol–water partition coefficient (Wildman–Crippen LogP) is 4.90. The second kappa shape index (κ2) is 4.26. The molecule has 0 aromatic rings.